The Hall–Kier alpha value is -1.87. The molecule has 1 fully saturated rings. The van der Waals surface area contributed by atoms with E-state index in [0.29, 0.717) is 19.8 Å². The molecule has 1 unspecified atom stereocenters. The summed E-state index contributed by atoms with van der Waals surface area (Å²) in [7, 11) is 1.78. The van der Waals surface area contributed by atoms with Gasteiger partial charge in [0.15, 0.2) is 5.96 Å². The van der Waals surface area contributed by atoms with E-state index in [-0.39, 0.29) is 46.9 Å². The molecule has 32 heavy (non-hydrogen) atoms. The summed E-state index contributed by atoms with van der Waals surface area (Å²) in [5.41, 5.74) is 1.69. The average molecular weight is 553 g/mol. The number of fused-ring (bicyclic) bond motifs is 1. The van der Waals surface area contributed by atoms with Crippen molar-refractivity contribution in [3.63, 3.8) is 0 Å². The number of benzene rings is 2. The quantitative estimate of drug-likeness (QED) is 0.320. The van der Waals surface area contributed by atoms with Gasteiger partial charge in [-0.15, -0.1) is 24.0 Å². The zero-order valence-electron chi connectivity index (χ0n) is 19.0. The molecule has 2 aliphatic rings. The Morgan fingerprint density at radius 2 is 1.88 bits per heavy atom. The van der Waals surface area contributed by atoms with Gasteiger partial charge < -0.3 is 20.1 Å². The Morgan fingerprint density at radius 3 is 2.59 bits per heavy atom. The van der Waals surface area contributed by atoms with Crippen molar-refractivity contribution in [2.45, 2.75) is 50.2 Å². The van der Waals surface area contributed by atoms with Crippen molar-refractivity contribution in [3.8, 4) is 5.75 Å². The fourth-order valence-electron chi connectivity index (χ4n) is 4.69. The molecule has 0 radical (unpaired) electrons. The van der Waals surface area contributed by atoms with Crippen LogP contribution in [0.1, 0.15) is 50.3 Å². The molecule has 5 nitrogen and oxygen atoms in total. The van der Waals surface area contributed by atoms with Crippen molar-refractivity contribution < 1.29 is 13.9 Å². The van der Waals surface area contributed by atoms with E-state index in [1.165, 1.54) is 6.07 Å². The van der Waals surface area contributed by atoms with E-state index < -0.39 is 0 Å². The third-order valence-electron chi connectivity index (χ3n) is 6.39. The number of nitrogens with one attached hydrogen (secondary N) is 2. The van der Waals surface area contributed by atoms with Crippen molar-refractivity contribution in [2.24, 2.45) is 4.99 Å². The molecule has 1 atom stereocenters. The van der Waals surface area contributed by atoms with E-state index >= 15 is 0 Å². The molecular weight excluding hydrogens is 520 g/mol. The molecule has 0 amide bonds. The van der Waals surface area contributed by atoms with E-state index in [2.05, 4.69) is 35.5 Å². The summed E-state index contributed by atoms with van der Waals surface area (Å²) in [6, 6.07) is 15.2. The maximum absolute atomic E-state index is 14.0. The lowest BCUT2D eigenvalue weighted by Crippen LogP contribution is -2.50. The average Bonchev–Trinajstić information content (AvgIpc) is 2.76. The van der Waals surface area contributed by atoms with Crippen LogP contribution in [0.25, 0.3) is 0 Å². The summed E-state index contributed by atoms with van der Waals surface area (Å²) in [6.45, 7) is 6.22. The summed E-state index contributed by atoms with van der Waals surface area (Å²) in [4.78, 5) is 4.48. The van der Waals surface area contributed by atoms with Crippen LogP contribution in [0.3, 0.4) is 0 Å². The lowest BCUT2D eigenvalue weighted by molar-refractivity contribution is 0.0510. The SMILES string of the molecule is CN=C(NCC1(c2cccc(F)c2)CCOCC1)NC1CC(C)(C)Oc2ccccc21.I. The maximum Gasteiger partial charge on any atom is 0.191 e. The molecule has 1 saturated heterocycles. The van der Waals surface area contributed by atoms with Crippen LogP contribution < -0.4 is 15.4 Å². The monoisotopic (exact) mass is 553 g/mol. The van der Waals surface area contributed by atoms with Gasteiger partial charge in [-0.05, 0) is 50.5 Å². The normalized spacial score (nSPS) is 21.5. The van der Waals surface area contributed by atoms with Crippen LogP contribution in [0.15, 0.2) is 53.5 Å². The van der Waals surface area contributed by atoms with Crippen molar-refractivity contribution in [2.75, 3.05) is 26.8 Å². The number of nitrogens with zero attached hydrogens (tertiary/aromatic N) is 1. The van der Waals surface area contributed by atoms with Gasteiger partial charge in [0, 0.05) is 44.2 Å². The minimum absolute atomic E-state index is 0. The van der Waals surface area contributed by atoms with Crippen LogP contribution in [0.2, 0.25) is 0 Å². The lowest BCUT2D eigenvalue weighted by Gasteiger charge is -2.40. The van der Waals surface area contributed by atoms with Gasteiger partial charge >= 0.3 is 0 Å². The second-order valence-electron chi connectivity index (χ2n) is 9.13. The number of para-hydroxylation sites is 1. The summed E-state index contributed by atoms with van der Waals surface area (Å²) < 4.78 is 25.7. The van der Waals surface area contributed by atoms with Crippen molar-refractivity contribution in [1.82, 2.24) is 10.6 Å². The van der Waals surface area contributed by atoms with E-state index in [1.54, 1.807) is 19.2 Å². The van der Waals surface area contributed by atoms with Crippen LogP contribution in [-0.4, -0.2) is 38.4 Å². The second kappa shape index (κ2) is 10.4. The molecule has 2 N–H and O–H groups in total. The molecule has 0 aliphatic carbocycles. The smallest absolute Gasteiger partial charge is 0.191 e. The predicted octanol–water partition coefficient (Wildman–Crippen LogP) is 4.96. The van der Waals surface area contributed by atoms with Gasteiger partial charge in [-0.2, -0.15) is 0 Å². The number of rotatable bonds is 4. The van der Waals surface area contributed by atoms with Crippen LogP contribution in [0.4, 0.5) is 4.39 Å². The Bertz CT molecular complexity index is 944. The molecule has 4 rings (SSSR count). The van der Waals surface area contributed by atoms with Gasteiger partial charge in [0.05, 0.1) is 6.04 Å². The highest BCUT2D eigenvalue weighted by Crippen LogP contribution is 2.39. The van der Waals surface area contributed by atoms with E-state index in [0.717, 1.165) is 42.1 Å². The number of halogens is 2. The molecule has 2 aromatic carbocycles. The highest BCUT2D eigenvalue weighted by Gasteiger charge is 2.36. The van der Waals surface area contributed by atoms with Crippen LogP contribution >= 0.6 is 24.0 Å². The van der Waals surface area contributed by atoms with E-state index in [1.807, 2.05) is 24.3 Å². The zero-order valence-corrected chi connectivity index (χ0v) is 21.3. The predicted molar refractivity (Wildman–Crippen MR) is 137 cm³/mol. The summed E-state index contributed by atoms with van der Waals surface area (Å²) in [5.74, 6) is 1.44. The number of guanidine groups is 1. The first kappa shape index (κ1) is 24.8. The van der Waals surface area contributed by atoms with Gasteiger partial charge in [0.25, 0.3) is 0 Å². The Kier molecular flexibility index (Phi) is 8.03. The molecule has 2 aromatic rings. The first-order chi connectivity index (χ1) is 14.9. The summed E-state index contributed by atoms with van der Waals surface area (Å²) >= 11 is 0. The van der Waals surface area contributed by atoms with Gasteiger partial charge in [0.2, 0.25) is 0 Å². The molecule has 7 heteroatoms. The topological polar surface area (TPSA) is 54.9 Å². The van der Waals surface area contributed by atoms with Gasteiger partial charge in [-0.1, -0.05) is 30.3 Å². The Balaban J connectivity index is 0.00000289. The Labute approximate surface area is 207 Å². The standard InChI is InChI=1S/C25H32FN3O2.HI/c1-24(2)16-21(20-9-4-5-10-22(20)31-24)29-23(27-3)28-17-25(11-13-30-14-12-25)18-7-6-8-19(26)15-18;/h4-10,15,21H,11-14,16-17H2,1-3H3,(H2,27,28,29);1H. The molecule has 0 spiro atoms. The lowest BCUT2D eigenvalue weighted by atomic mass is 9.74. The zero-order chi connectivity index (χ0) is 21.9. The van der Waals surface area contributed by atoms with E-state index in [4.69, 9.17) is 9.47 Å². The number of ether oxygens (including phenoxy) is 2. The van der Waals surface area contributed by atoms with E-state index in [9.17, 15) is 4.39 Å². The minimum atomic E-state index is -0.269. The fraction of sp³-hybridized carbons (Fsp3) is 0.480. The first-order valence-electron chi connectivity index (χ1n) is 11.0. The number of hydrogen-bond acceptors (Lipinski definition) is 3. The van der Waals surface area contributed by atoms with Crippen LogP contribution in [0, 0.1) is 5.82 Å². The third-order valence-corrected chi connectivity index (χ3v) is 6.39. The van der Waals surface area contributed by atoms with Gasteiger partial charge in [0.1, 0.15) is 17.2 Å². The van der Waals surface area contributed by atoms with Crippen molar-refractivity contribution in [3.05, 3.63) is 65.5 Å². The molecule has 0 bridgehead atoms. The number of aliphatic imine (C=N–C) groups is 1. The largest absolute Gasteiger partial charge is 0.487 e. The number of hydrogen-bond donors (Lipinski definition) is 2. The molecule has 2 heterocycles. The van der Waals surface area contributed by atoms with Gasteiger partial charge in [-0.25, -0.2) is 4.39 Å². The van der Waals surface area contributed by atoms with Crippen LogP contribution in [0.5, 0.6) is 5.75 Å². The molecular formula is C25H33FIN3O2. The van der Waals surface area contributed by atoms with Crippen molar-refractivity contribution >= 4 is 29.9 Å². The Morgan fingerprint density at radius 1 is 1.12 bits per heavy atom. The molecule has 2 aliphatic heterocycles. The molecule has 174 valence electrons. The fourth-order valence-corrected chi connectivity index (χ4v) is 4.69. The third kappa shape index (κ3) is 5.54. The molecule has 0 saturated carbocycles. The molecule has 0 aromatic heterocycles. The first-order valence-corrected chi connectivity index (χ1v) is 11.0. The summed E-state index contributed by atoms with van der Waals surface area (Å²) in [5, 5.41) is 7.11. The maximum atomic E-state index is 14.0. The second-order valence-corrected chi connectivity index (χ2v) is 9.13. The van der Waals surface area contributed by atoms with Crippen molar-refractivity contribution in [1.29, 1.82) is 0 Å². The minimum Gasteiger partial charge on any atom is -0.487 e. The highest BCUT2D eigenvalue weighted by atomic mass is 127. The highest BCUT2D eigenvalue weighted by molar-refractivity contribution is 14.0. The van der Waals surface area contributed by atoms with Gasteiger partial charge in [-0.3, -0.25) is 4.99 Å². The van der Waals surface area contributed by atoms with Crippen LogP contribution in [-0.2, 0) is 10.2 Å². The summed E-state index contributed by atoms with van der Waals surface area (Å²) in [6.07, 6.45) is 2.51.